The van der Waals surface area contributed by atoms with Crippen LogP contribution in [0.1, 0.15) is 105 Å². The molecule has 0 N–H and O–H groups in total. The number of hydrogen-bond donors (Lipinski definition) is 0. The Kier molecular flexibility index (Phi) is 11.3. The Morgan fingerprint density at radius 3 is 1.83 bits per heavy atom. The molecule has 6 nitrogen and oxygen atoms in total. The van der Waals surface area contributed by atoms with Crippen LogP contribution in [0.25, 0.3) is 0 Å². The number of carbonyl (C=O) groups excluding carboxylic acids is 3. The normalized spacial score (nSPS) is 17.8. The Labute approximate surface area is 176 Å². The molecule has 1 rings (SSSR count). The SMILES string of the molecule is CCC(C)(C)C(=O)OCCOC(=O)CCC(=O)OC1(C)CCCCCCCCC1. The van der Waals surface area contributed by atoms with Crippen molar-refractivity contribution in [3.8, 4) is 0 Å². The first-order valence-electron chi connectivity index (χ1n) is 11.2. The van der Waals surface area contributed by atoms with E-state index in [1.807, 2.05) is 27.7 Å². The van der Waals surface area contributed by atoms with Gasteiger partial charge in [-0.1, -0.05) is 39.0 Å². The average Bonchev–Trinajstić information content (AvgIpc) is 2.68. The van der Waals surface area contributed by atoms with Crippen molar-refractivity contribution >= 4 is 17.9 Å². The van der Waals surface area contributed by atoms with Crippen LogP contribution in [0.5, 0.6) is 0 Å². The summed E-state index contributed by atoms with van der Waals surface area (Å²) in [6, 6.07) is 0. The molecule has 0 spiro atoms. The molecule has 0 aliphatic heterocycles. The third kappa shape index (κ3) is 10.7. The maximum absolute atomic E-state index is 12.2. The maximum Gasteiger partial charge on any atom is 0.311 e. The van der Waals surface area contributed by atoms with Crippen LogP contribution in [0.15, 0.2) is 0 Å². The minimum atomic E-state index is -0.543. The van der Waals surface area contributed by atoms with Crippen LogP contribution in [-0.4, -0.2) is 36.7 Å². The van der Waals surface area contributed by atoms with Crippen LogP contribution in [0.4, 0.5) is 0 Å². The van der Waals surface area contributed by atoms with Gasteiger partial charge >= 0.3 is 17.9 Å². The molecule has 0 atom stereocenters. The summed E-state index contributed by atoms with van der Waals surface area (Å²) in [4.78, 5) is 35.9. The first kappa shape index (κ1) is 25.4. The van der Waals surface area contributed by atoms with E-state index < -0.39 is 17.0 Å². The van der Waals surface area contributed by atoms with Gasteiger partial charge in [-0.15, -0.1) is 0 Å². The second-order valence-electron chi connectivity index (χ2n) is 8.99. The van der Waals surface area contributed by atoms with Gasteiger partial charge in [-0.05, 0) is 52.9 Å². The van der Waals surface area contributed by atoms with Gasteiger partial charge in [-0.2, -0.15) is 0 Å². The van der Waals surface area contributed by atoms with Gasteiger partial charge in [0.1, 0.15) is 18.8 Å². The Morgan fingerprint density at radius 1 is 0.793 bits per heavy atom. The first-order chi connectivity index (χ1) is 13.7. The smallest absolute Gasteiger partial charge is 0.311 e. The number of carbonyl (C=O) groups is 3. The van der Waals surface area contributed by atoms with Crippen molar-refractivity contribution in [3.63, 3.8) is 0 Å². The molecule has 0 aromatic carbocycles. The van der Waals surface area contributed by atoms with Gasteiger partial charge < -0.3 is 14.2 Å². The Bertz CT molecular complexity index is 515. The highest BCUT2D eigenvalue weighted by atomic mass is 16.6. The summed E-state index contributed by atoms with van der Waals surface area (Å²) in [6.45, 7) is 7.57. The predicted octanol–water partition coefficient (Wildman–Crippen LogP) is 5.12. The van der Waals surface area contributed by atoms with E-state index in [-0.39, 0.29) is 38.0 Å². The lowest BCUT2D eigenvalue weighted by molar-refractivity contribution is -0.163. The molecular weight excluding hydrogens is 372 g/mol. The molecule has 1 fully saturated rings. The van der Waals surface area contributed by atoms with Gasteiger partial charge in [0, 0.05) is 0 Å². The summed E-state index contributed by atoms with van der Waals surface area (Å²) in [6.07, 6.45) is 10.7. The van der Waals surface area contributed by atoms with Crippen molar-refractivity contribution in [2.45, 2.75) is 110 Å². The Balaban J connectivity index is 2.26. The van der Waals surface area contributed by atoms with Gasteiger partial charge in [0.05, 0.1) is 18.3 Å². The van der Waals surface area contributed by atoms with Gasteiger partial charge in [-0.3, -0.25) is 14.4 Å². The van der Waals surface area contributed by atoms with Crippen LogP contribution in [-0.2, 0) is 28.6 Å². The molecule has 0 bridgehead atoms. The first-order valence-corrected chi connectivity index (χ1v) is 11.2. The van der Waals surface area contributed by atoms with Crippen LogP contribution in [0.2, 0.25) is 0 Å². The average molecular weight is 413 g/mol. The number of ether oxygens (including phenoxy) is 3. The highest BCUT2D eigenvalue weighted by Crippen LogP contribution is 2.29. The third-order valence-electron chi connectivity index (χ3n) is 5.82. The van der Waals surface area contributed by atoms with E-state index in [4.69, 9.17) is 14.2 Å². The highest BCUT2D eigenvalue weighted by Gasteiger charge is 2.29. The standard InChI is InChI=1S/C23H40O6/c1-5-22(2,3)21(26)28-18-17-27-19(24)13-14-20(25)29-23(4)15-11-9-7-6-8-10-12-16-23/h5-18H2,1-4H3. The minimum absolute atomic E-state index is 0.00285. The summed E-state index contributed by atoms with van der Waals surface area (Å²) in [5.74, 6) is -1.14. The molecule has 0 aromatic heterocycles. The topological polar surface area (TPSA) is 78.9 Å². The molecule has 1 saturated carbocycles. The molecular formula is C23H40O6. The molecule has 29 heavy (non-hydrogen) atoms. The van der Waals surface area contributed by atoms with E-state index in [2.05, 4.69) is 0 Å². The molecule has 6 heteroatoms. The quantitative estimate of drug-likeness (QED) is 0.297. The molecule has 1 aliphatic carbocycles. The fourth-order valence-electron chi connectivity index (χ4n) is 3.34. The molecule has 1 aliphatic rings. The lowest BCUT2D eigenvalue weighted by Gasteiger charge is -2.30. The van der Waals surface area contributed by atoms with Crippen molar-refractivity contribution in [1.29, 1.82) is 0 Å². The zero-order valence-electron chi connectivity index (χ0n) is 18.8. The van der Waals surface area contributed by atoms with Gasteiger partial charge in [-0.25, -0.2) is 0 Å². The number of esters is 3. The molecule has 0 heterocycles. The zero-order chi connectivity index (χ0) is 21.8. The molecule has 168 valence electrons. The highest BCUT2D eigenvalue weighted by molar-refractivity contribution is 5.78. The minimum Gasteiger partial charge on any atom is -0.462 e. The van der Waals surface area contributed by atoms with Crippen LogP contribution >= 0.6 is 0 Å². The Morgan fingerprint density at radius 2 is 1.28 bits per heavy atom. The second-order valence-corrected chi connectivity index (χ2v) is 8.99. The van der Waals surface area contributed by atoms with Crippen molar-refractivity contribution in [3.05, 3.63) is 0 Å². The maximum atomic E-state index is 12.2. The van der Waals surface area contributed by atoms with Gasteiger partial charge in [0.25, 0.3) is 0 Å². The van der Waals surface area contributed by atoms with Crippen molar-refractivity contribution in [2.24, 2.45) is 5.41 Å². The zero-order valence-corrected chi connectivity index (χ0v) is 18.8. The lowest BCUT2D eigenvalue weighted by atomic mass is 9.89. The van der Waals surface area contributed by atoms with Crippen LogP contribution < -0.4 is 0 Å². The van der Waals surface area contributed by atoms with E-state index in [1.165, 1.54) is 32.1 Å². The van der Waals surface area contributed by atoms with Crippen molar-refractivity contribution in [1.82, 2.24) is 0 Å². The summed E-state index contributed by atoms with van der Waals surface area (Å²) in [5, 5.41) is 0. The van der Waals surface area contributed by atoms with E-state index in [0.717, 1.165) is 25.7 Å². The molecule has 0 radical (unpaired) electrons. The number of hydrogen-bond acceptors (Lipinski definition) is 6. The summed E-state index contributed by atoms with van der Waals surface area (Å²) in [7, 11) is 0. The van der Waals surface area contributed by atoms with Crippen LogP contribution in [0, 0.1) is 5.41 Å². The van der Waals surface area contributed by atoms with Crippen molar-refractivity contribution < 1.29 is 28.6 Å². The fraction of sp³-hybridized carbons (Fsp3) is 0.870. The van der Waals surface area contributed by atoms with E-state index in [1.54, 1.807) is 0 Å². The van der Waals surface area contributed by atoms with E-state index in [9.17, 15) is 14.4 Å². The number of rotatable bonds is 9. The third-order valence-corrected chi connectivity index (χ3v) is 5.82. The molecule has 0 aromatic rings. The largest absolute Gasteiger partial charge is 0.462 e. The molecule has 0 saturated heterocycles. The predicted molar refractivity (Wildman–Crippen MR) is 111 cm³/mol. The van der Waals surface area contributed by atoms with E-state index >= 15 is 0 Å². The lowest BCUT2D eigenvalue weighted by Crippen LogP contribution is -2.32. The van der Waals surface area contributed by atoms with Gasteiger partial charge in [0.2, 0.25) is 0 Å². The monoisotopic (exact) mass is 412 g/mol. The summed E-state index contributed by atoms with van der Waals surface area (Å²) in [5.41, 5.74) is -0.975. The van der Waals surface area contributed by atoms with E-state index in [0.29, 0.717) is 6.42 Å². The molecule has 0 amide bonds. The summed E-state index contributed by atoms with van der Waals surface area (Å²) < 4.78 is 15.9. The fourth-order valence-corrected chi connectivity index (χ4v) is 3.34. The summed E-state index contributed by atoms with van der Waals surface area (Å²) >= 11 is 0. The molecule has 0 unspecified atom stereocenters. The van der Waals surface area contributed by atoms with Crippen LogP contribution in [0.3, 0.4) is 0 Å². The van der Waals surface area contributed by atoms with Gasteiger partial charge in [0.15, 0.2) is 0 Å². The van der Waals surface area contributed by atoms with Crippen molar-refractivity contribution in [2.75, 3.05) is 13.2 Å². The Hall–Kier alpha value is -1.59. The second kappa shape index (κ2) is 12.9.